The average Bonchev–Trinajstić information content (AvgIpc) is 2.02. The standard InChI is InChI=1S/C11H16N/c1-12(2)8-7-10-5-3-4-6-11(10)9-12/h3-6H,7-9H2,1-2H3/q+1. The van der Waals surface area contributed by atoms with Gasteiger partial charge in [-0.25, -0.2) is 0 Å². The fraction of sp³-hybridized carbons (Fsp3) is 0.455. The predicted octanol–water partition coefficient (Wildman–Crippen LogP) is 1.82. The summed E-state index contributed by atoms with van der Waals surface area (Å²) in [5, 5.41) is 0. The Kier molecular flexibility index (Phi) is 1.69. The third-order valence-corrected chi connectivity index (χ3v) is 2.70. The number of nitrogens with zero attached hydrogens (tertiary/aromatic N) is 1. The van der Waals surface area contributed by atoms with Gasteiger partial charge in [-0.3, -0.25) is 0 Å². The smallest absolute Gasteiger partial charge is 0.104 e. The molecular formula is C11H16N+. The summed E-state index contributed by atoms with van der Waals surface area (Å²) in [7, 11) is 4.60. The minimum absolute atomic E-state index is 1.14. The van der Waals surface area contributed by atoms with E-state index in [-0.39, 0.29) is 0 Å². The number of benzene rings is 1. The van der Waals surface area contributed by atoms with E-state index in [2.05, 4.69) is 38.4 Å². The molecular weight excluding hydrogens is 146 g/mol. The van der Waals surface area contributed by atoms with Gasteiger partial charge >= 0.3 is 0 Å². The molecule has 0 N–H and O–H groups in total. The first-order valence-electron chi connectivity index (χ1n) is 4.56. The SMILES string of the molecule is C[N+]1(C)CCc2ccccc2C1. The lowest BCUT2D eigenvalue weighted by Gasteiger charge is -2.34. The van der Waals surface area contributed by atoms with Gasteiger partial charge in [0.1, 0.15) is 6.54 Å². The highest BCUT2D eigenvalue weighted by atomic mass is 15.3. The van der Waals surface area contributed by atoms with Crippen LogP contribution in [0, 0.1) is 0 Å². The van der Waals surface area contributed by atoms with E-state index >= 15 is 0 Å². The van der Waals surface area contributed by atoms with Crippen LogP contribution in [0.2, 0.25) is 0 Å². The lowest BCUT2D eigenvalue weighted by atomic mass is 9.99. The third kappa shape index (κ3) is 1.37. The van der Waals surface area contributed by atoms with Gasteiger partial charge in [0.05, 0.1) is 20.6 Å². The fourth-order valence-corrected chi connectivity index (χ4v) is 1.92. The van der Waals surface area contributed by atoms with E-state index in [0.717, 1.165) is 4.48 Å². The molecule has 1 heteroatoms. The van der Waals surface area contributed by atoms with Crippen LogP contribution in [0.25, 0.3) is 0 Å². The first-order chi connectivity index (χ1) is 5.67. The zero-order valence-corrected chi connectivity index (χ0v) is 7.88. The second-order valence-electron chi connectivity index (χ2n) is 4.34. The van der Waals surface area contributed by atoms with Gasteiger partial charge < -0.3 is 4.48 Å². The van der Waals surface area contributed by atoms with Crippen molar-refractivity contribution in [3.05, 3.63) is 35.4 Å². The Bertz CT molecular complexity index is 289. The number of likely N-dealkylation sites (N-methyl/N-ethyl adjacent to an activating group) is 1. The molecule has 1 aromatic carbocycles. The van der Waals surface area contributed by atoms with Gasteiger partial charge in [0.2, 0.25) is 0 Å². The van der Waals surface area contributed by atoms with E-state index in [1.54, 1.807) is 5.56 Å². The van der Waals surface area contributed by atoms with Crippen molar-refractivity contribution in [2.45, 2.75) is 13.0 Å². The molecule has 0 saturated carbocycles. The van der Waals surface area contributed by atoms with Crippen LogP contribution in [0.15, 0.2) is 24.3 Å². The van der Waals surface area contributed by atoms with Crippen molar-refractivity contribution in [3.63, 3.8) is 0 Å². The topological polar surface area (TPSA) is 0 Å². The summed E-state index contributed by atoms with van der Waals surface area (Å²) in [5.41, 5.74) is 3.09. The molecule has 0 spiro atoms. The Morgan fingerprint density at radius 3 is 2.50 bits per heavy atom. The number of hydrogen-bond donors (Lipinski definition) is 0. The predicted molar refractivity (Wildman–Crippen MR) is 50.8 cm³/mol. The molecule has 0 bridgehead atoms. The molecule has 1 heterocycles. The summed E-state index contributed by atoms with van der Waals surface area (Å²) in [4.78, 5) is 0. The van der Waals surface area contributed by atoms with E-state index in [4.69, 9.17) is 0 Å². The first-order valence-corrected chi connectivity index (χ1v) is 4.56. The number of fused-ring (bicyclic) bond motifs is 1. The minimum Gasteiger partial charge on any atom is -0.324 e. The highest BCUT2D eigenvalue weighted by Gasteiger charge is 2.22. The number of quaternary nitrogens is 1. The zero-order valence-electron chi connectivity index (χ0n) is 7.88. The number of hydrogen-bond acceptors (Lipinski definition) is 0. The van der Waals surface area contributed by atoms with Crippen molar-refractivity contribution in [2.75, 3.05) is 20.6 Å². The van der Waals surface area contributed by atoms with Crippen LogP contribution in [0.5, 0.6) is 0 Å². The van der Waals surface area contributed by atoms with Gasteiger partial charge in [0, 0.05) is 12.0 Å². The average molecular weight is 162 g/mol. The molecule has 0 saturated heterocycles. The molecule has 0 unspecified atom stereocenters. The van der Waals surface area contributed by atoms with Crippen molar-refractivity contribution in [1.82, 2.24) is 0 Å². The highest BCUT2D eigenvalue weighted by molar-refractivity contribution is 5.27. The first kappa shape index (κ1) is 7.81. The van der Waals surface area contributed by atoms with E-state index < -0.39 is 0 Å². The summed E-state index contributed by atoms with van der Waals surface area (Å²) in [6.07, 6.45) is 1.24. The molecule has 12 heavy (non-hydrogen) atoms. The molecule has 1 aromatic rings. The Morgan fingerprint density at radius 2 is 1.75 bits per heavy atom. The van der Waals surface area contributed by atoms with E-state index in [1.165, 1.54) is 25.1 Å². The Labute approximate surface area is 74.2 Å². The van der Waals surface area contributed by atoms with Crippen LogP contribution in [-0.2, 0) is 13.0 Å². The summed E-state index contributed by atoms with van der Waals surface area (Å²) >= 11 is 0. The molecule has 2 rings (SSSR count). The highest BCUT2D eigenvalue weighted by Crippen LogP contribution is 2.20. The Hall–Kier alpha value is -0.820. The molecule has 0 aromatic heterocycles. The quantitative estimate of drug-likeness (QED) is 0.510. The maximum atomic E-state index is 2.30. The van der Waals surface area contributed by atoms with E-state index in [1.807, 2.05) is 0 Å². The van der Waals surface area contributed by atoms with Crippen molar-refractivity contribution in [3.8, 4) is 0 Å². The van der Waals surface area contributed by atoms with Crippen LogP contribution in [0.4, 0.5) is 0 Å². The molecule has 0 radical (unpaired) electrons. The lowest BCUT2D eigenvalue weighted by Crippen LogP contribution is -2.43. The molecule has 0 aliphatic carbocycles. The Balaban J connectivity index is 2.35. The maximum absolute atomic E-state index is 2.30. The monoisotopic (exact) mass is 162 g/mol. The van der Waals surface area contributed by atoms with E-state index in [9.17, 15) is 0 Å². The number of rotatable bonds is 0. The van der Waals surface area contributed by atoms with Crippen molar-refractivity contribution in [2.24, 2.45) is 0 Å². The van der Waals surface area contributed by atoms with Crippen LogP contribution >= 0.6 is 0 Å². The second-order valence-corrected chi connectivity index (χ2v) is 4.34. The van der Waals surface area contributed by atoms with Gasteiger partial charge in [-0.2, -0.15) is 0 Å². The van der Waals surface area contributed by atoms with Crippen molar-refractivity contribution < 1.29 is 4.48 Å². The minimum atomic E-state index is 1.14. The van der Waals surface area contributed by atoms with Crippen LogP contribution in [-0.4, -0.2) is 25.1 Å². The van der Waals surface area contributed by atoms with Crippen LogP contribution in [0.3, 0.4) is 0 Å². The van der Waals surface area contributed by atoms with Crippen molar-refractivity contribution in [1.29, 1.82) is 0 Å². The summed E-state index contributed by atoms with van der Waals surface area (Å²) in [5.74, 6) is 0. The van der Waals surface area contributed by atoms with Crippen LogP contribution in [0.1, 0.15) is 11.1 Å². The summed E-state index contributed by atoms with van der Waals surface area (Å²) in [6.45, 7) is 2.47. The summed E-state index contributed by atoms with van der Waals surface area (Å²) < 4.78 is 1.14. The maximum Gasteiger partial charge on any atom is 0.104 e. The molecule has 1 aliphatic rings. The van der Waals surface area contributed by atoms with Crippen molar-refractivity contribution >= 4 is 0 Å². The largest absolute Gasteiger partial charge is 0.324 e. The molecule has 0 atom stereocenters. The second kappa shape index (κ2) is 2.60. The van der Waals surface area contributed by atoms with Gasteiger partial charge in [0.15, 0.2) is 0 Å². The van der Waals surface area contributed by atoms with Gasteiger partial charge in [0.25, 0.3) is 0 Å². The fourth-order valence-electron chi connectivity index (χ4n) is 1.92. The Morgan fingerprint density at radius 1 is 1.08 bits per heavy atom. The van der Waals surface area contributed by atoms with Gasteiger partial charge in [-0.05, 0) is 5.56 Å². The normalized spacial score (nSPS) is 20.2. The summed E-state index contributed by atoms with van der Waals surface area (Å²) in [6, 6.07) is 8.80. The molecule has 0 amide bonds. The zero-order chi connectivity index (χ0) is 8.60. The van der Waals surface area contributed by atoms with E-state index in [0.29, 0.717) is 0 Å². The molecule has 1 aliphatic heterocycles. The third-order valence-electron chi connectivity index (χ3n) is 2.70. The van der Waals surface area contributed by atoms with Gasteiger partial charge in [-0.1, -0.05) is 24.3 Å². The molecule has 1 nitrogen and oxygen atoms in total. The van der Waals surface area contributed by atoms with Crippen LogP contribution < -0.4 is 0 Å². The van der Waals surface area contributed by atoms with Gasteiger partial charge in [-0.15, -0.1) is 0 Å². The molecule has 64 valence electrons. The lowest BCUT2D eigenvalue weighted by molar-refractivity contribution is -0.905. The molecule has 0 fully saturated rings.